The third kappa shape index (κ3) is 3.65. The Hall–Kier alpha value is -0.660. The molecule has 0 aliphatic carbocycles. The first-order valence-electron chi connectivity index (χ1n) is 5.43. The van der Waals surface area contributed by atoms with Crippen LogP contribution in [0.2, 0.25) is 0 Å². The van der Waals surface area contributed by atoms with Gasteiger partial charge in [-0.2, -0.15) is 4.31 Å². The van der Waals surface area contributed by atoms with Gasteiger partial charge in [-0.1, -0.05) is 20.8 Å². The lowest BCUT2D eigenvalue weighted by atomic mass is 10.0. The number of hydrogen-bond donors (Lipinski definition) is 2. The average Bonchev–Trinajstić information content (AvgIpc) is 2.43. The lowest BCUT2D eigenvalue weighted by Gasteiger charge is -2.25. The minimum absolute atomic E-state index is 0.0430. The highest BCUT2D eigenvalue weighted by Crippen LogP contribution is 2.26. The Balaban J connectivity index is 2.94. The number of aliphatic hydroxyl groups excluding tert-OH is 1. The number of β-amino-alcohol motifs (C(OH)–C–C–N with tert-alkyl or cyclic N) is 1. The van der Waals surface area contributed by atoms with E-state index >= 15 is 0 Å². The molecule has 0 aromatic carbocycles. The molecule has 0 aromatic rings. The summed E-state index contributed by atoms with van der Waals surface area (Å²) in [7, 11) is -3.65. The molecule has 1 saturated heterocycles. The van der Waals surface area contributed by atoms with Gasteiger partial charge < -0.3 is 10.2 Å². The van der Waals surface area contributed by atoms with Crippen LogP contribution >= 0.6 is 0 Å². The Morgan fingerprint density at radius 3 is 2.35 bits per heavy atom. The van der Waals surface area contributed by atoms with Crippen molar-refractivity contribution < 1.29 is 23.4 Å². The van der Waals surface area contributed by atoms with Crippen LogP contribution in [0.3, 0.4) is 0 Å². The zero-order valence-electron chi connectivity index (χ0n) is 10.3. The first-order chi connectivity index (χ1) is 7.53. The van der Waals surface area contributed by atoms with E-state index in [1.54, 1.807) is 20.8 Å². The van der Waals surface area contributed by atoms with E-state index < -0.39 is 33.6 Å². The largest absolute Gasteiger partial charge is 0.480 e. The van der Waals surface area contributed by atoms with Gasteiger partial charge in [0.15, 0.2) is 0 Å². The molecular weight excluding hydrogens is 246 g/mol. The molecule has 2 N–H and O–H groups in total. The van der Waals surface area contributed by atoms with Crippen molar-refractivity contribution in [1.29, 1.82) is 0 Å². The first kappa shape index (κ1) is 14.4. The second kappa shape index (κ2) is 4.55. The number of aliphatic hydroxyl groups is 1. The lowest BCUT2D eigenvalue weighted by Crippen LogP contribution is -2.43. The van der Waals surface area contributed by atoms with Crippen LogP contribution in [0.4, 0.5) is 0 Å². The highest BCUT2D eigenvalue weighted by molar-refractivity contribution is 7.89. The van der Waals surface area contributed by atoms with E-state index in [9.17, 15) is 18.3 Å². The van der Waals surface area contributed by atoms with Gasteiger partial charge in [-0.15, -0.1) is 0 Å². The maximum atomic E-state index is 12.1. The Morgan fingerprint density at radius 2 is 1.94 bits per heavy atom. The zero-order valence-corrected chi connectivity index (χ0v) is 11.1. The molecule has 100 valence electrons. The number of nitrogens with zero attached hydrogens (tertiary/aromatic N) is 1. The molecule has 6 nitrogen and oxygen atoms in total. The topological polar surface area (TPSA) is 94.9 Å². The van der Waals surface area contributed by atoms with Crippen molar-refractivity contribution in [3.8, 4) is 0 Å². The smallest absolute Gasteiger partial charge is 0.322 e. The minimum atomic E-state index is -3.65. The van der Waals surface area contributed by atoms with Crippen LogP contribution in [0.15, 0.2) is 0 Å². The maximum Gasteiger partial charge on any atom is 0.322 e. The zero-order chi connectivity index (χ0) is 13.4. The third-order valence-corrected chi connectivity index (χ3v) is 4.84. The summed E-state index contributed by atoms with van der Waals surface area (Å²) in [6.07, 6.45) is -0.940. The van der Waals surface area contributed by atoms with Crippen LogP contribution in [0.1, 0.15) is 27.2 Å². The van der Waals surface area contributed by atoms with Crippen LogP contribution in [0.5, 0.6) is 0 Å². The molecule has 1 aliphatic heterocycles. The molecule has 1 fully saturated rings. The minimum Gasteiger partial charge on any atom is -0.480 e. The van der Waals surface area contributed by atoms with Gasteiger partial charge >= 0.3 is 5.97 Å². The molecular formula is C10H19NO5S. The van der Waals surface area contributed by atoms with Crippen LogP contribution in [0.25, 0.3) is 0 Å². The van der Waals surface area contributed by atoms with E-state index in [0.29, 0.717) is 0 Å². The number of carboxylic acids is 1. The fourth-order valence-electron chi connectivity index (χ4n) is 1.95. The molecule has 0 aromatic heterocycles. The molecule has 2 unspecified atom stereocenters. The van der Waals surface area contributed by atoms with Crippen molar-refractivity contribution in [3.63, 3.8) is 0 Å². The molecule has 0 bridgehead atoms. The molecule has 2 atom stereocenters. The predicted octanol–water partition coefficient (Wildman–Crippen LogP) is -0.118. The number of carboxylic acid groups (broad SMARTS) is 1. The van der Waals surface area contributed by atoms with Crippen LogP contribution in [-0.4, -0.2) is 53.3 Å². The Kier molecular flexibility index (Phi) is 3.85. The van der Waals surface area contributed by atoms with Crippen LogP contribution < -0.4 is 0 Å². The molecule has 1 rings (SSSR count). The summed E-state index contributed by atoms with van der Waals surface area (Å²) in [6.45, 7) is 5.18. The van der Waals surface area contributed by atoms with Gasteiger partial charge in [-0.05, 0) is 5.41 Å². The standard InChI is InChI=1S/C10H19NO5S/c1-10(2,3)6-17(15,16)11-5-7(12)4-8(11)9(13)14/h7-8,12H,4-6H2,1-3H3,(H,13,14). The summed E-state index contributed by atoms with van der Waals surface area (Å²) in [6, 6.07) is -1.14. The maximum absolute atomic E-state index is 12.1. The summed E-state index contributed by atoms with van der Waals surface area (Å²) in [5.74, 6) is -1.34. The van der Waals surface area contributed by atoms with Gasteiger partial charge in [0.25, 0.3) is 0 Å². The quantitative estimate of drug-likeness (QED) is 0.742. The fraction of sp³-hybridized carbons (Fsp3) is 0.900. The molecule has 0 amide bonds. The third-order valence-electron chi connectivity index (χ3n) is 2.49. The highest BCUT2D eigenvalue weighted by atomic mass is 32.2. The van der Waals surface area contributed by atoms with Gasteiger partial charge in [-0.3, -0.25) is 4.79 Å². The molecule has 17 heavy (non-hydrogen) atoms. The second-order valence-electron chi connectivity index (χ2n) is 5.63. The van der Waals surface area contributed by atoms with Gasteiger partial charge in [0, 0.05) is 13.0 Å². The normalized spacial score (nSPS) is 27.3. The highest BCUT2D eigenvalue weighted by Gasteiger charge is 2.43. The van der Waals surface area contributed by atoms with Crippen LogP contribution in [0, 0.1) is 5.41 Å². The Morgan fingerprint density at radius 1 is 1.41 bits per heavy atom. The summed E-state index contributed by atoms with van der Waals surface area (Å²) in [5.41, 5.74) is -0.449. The first-order valence-corrected chi connectivity index (χ1v) is 7.04. The van der Waals surface area contributed by atoms with Gasteiger partial charge in [0.1, 0.15) is 6.04 Å². The van der Waals surface area contributed by atoms with E-state index in [1.165, 1.54) is 0 Å². The Bertz CT molecular complexity index is 397. The molecule has 1 heterocycles. The van der Waals surface area contributed by atoms with Crippen molar-refractivity contribution in [2.24, 2.45) is 5.41 Å². The van der Waals surface area contributed by atoms with Crippen molar-refractivity contribution >= 4 is 16.0 Å². The second-order valence-corrected chi connectivity index (χ2v) is 7.55. The summed E-state index contributed by atoms with van der Waals surface area (Å²) in [5, 5.41) is 18.4. The molecule has 0 saturated carbocycles. The van der Waals surface area contributed by atoms with Gasteiger partial charge in [0.2, 0.25) is 10.0 Å². The Labute approximate surface area is 101 Å². The van der Waals surface area contributed by atoms with E-state index in [2.05, 4.69) is 0 Å². The fourth-order valence-corrected chi connectivity index (χ4v) is 4.17. The SMILES string of the molecule is CC(C)(C)CS(=O)(=O)N1CC(O)CC1C(=O)O. The van der Waals surface area contributed by atoms with Crippen molar-refractivity contribution in [2.45, 2.75) is 39.3 Å². The summed E-state index contributed by atoms with van der Waals surface area (Å²) < 4.78 is 25.0. The van der Waals surface area contributed by atoms with E-state index in [-0.39, 0.29) is 18.7 Å². The average molecular weight is 265 g/mol. The van der Waals surface area contributed by atoms with Crippen LogP contribution in [-0.2, 0) is 14.8 Å². The number of aliphatic carboxylic acids is 1. The van der Waals surface area contributed by atoms with Crippen molar-refractivity contribution in [2.75, 3.05) is 12.3 Å². The number of carbonyl (C=O) groups is 1. The number of sulfonamides is 1. The monoisotopic (exact) mass is 265 g/mol. The van der Waals surface area contributed by atoms with E-state index in [0.717, 1.165) is 4.31 Å². The number of rotatable bonds is 3. The molecule has 0 radical (unpaired) electrons. The molecule has 7 heteroatoms. The molecule has 0 spiro atoms. The number of hydrogen-bond acceptors (Lipinski definition) is 4. The van der Waals surface area contributed by atoms with E-state index in [1.807, 2.05) is 0 Å². The van der Waals surface area contributed by atoms with E-state index in [4.69, 9.17) is 5.11 Å². The predicted molar refractivity (Wildman–Crippen MR) is 62.0 cm³/mol. The summed E-state index contributed by atoms with van der Waals surface area (Å²) in [4.78, 5) is 11.0. The molecule has 1 aliphatic rings. The van der Waals surface area contributed by atoms with Gasteiger partial charge in [-0.25, -0.2) is 8.42 Å². The van der Waals surface area contributed by atoms with Gasteiger partial charge in [0.05, 0.1) is 11.9 Å². The van der Waals surface area contributed by atoms with Crippen molar-refractivity contribution in [3.05, 3.63) is 0 Å². The summed E-state index contributed by atoms with van der Waals surface area (Å²) >= 11 is 0. The van der Waals surface area contributed by atoms with Crippen molar-refractivity contribution in [1.82, 2.24) is 4.31 Å². The lowest BCUT2D eigenvalue weighted by molar-refractivity contribution is -0.140.